The van der Waals surface area contributed by atoms with Crippen LogP contribution in [0, 0.1) is 5.92 Å². The molecule has 1 N–H and O–H groups in total. The lowest BCUT2D eigenvalue weighted by atomic mass is 10.0. The number of aliphatic carboxylic acids is 1. The van der Waals surface area contributed by atoms with Gasteiger partial charge in [-0.1, -0.05) is 6.42 Å². The molecule has 0 spiro atoms. The van der Waals surface area contributed by atoms with Crippen LogP contribution in [0.25, 0.3) is 0 Å². The topological polar surface area (TPSA) is 57.6 Å². The highest BCUT2D eigenvalue weighted by Gasteiger charge is 2.40. The van der Waals surface area contributed by atoms with Crippen LogP contribution in [-0.4, -0.2) is 45.5 Å². The van der Waals surface area contributed by atoms with E-state index in [1.54, 1.807) is 16.7 Å². The molecular formula is C12H19NO3S. The minimum atomic E-state index is -0.774. The molecule has 4 nitrogen and oxygen atoms in total. The van der Waals surface area contributed by atoms with Crippen molar-refractivity contribution in [3.63, 3.8) is 0 Å². The molecule has 0 saturated carbocycles. The molecule has 2 aliphatic heterocycles. The predicted octanol–water partition coefficient (Wildman–Crippen LogP) is 1.59. The van der Waals surface area contributed by atoms with Gasteiger partial charge in [0.15, 0.2) is 0 Å². The number of carbonyl (C=O) groups is 2. The summed E-state index contributed by atoms with van der Waals surface area (Å²) in [6, 6.07) is -0.150. The van der Waals surface area contributed by atoms with Gasteiger partial charge in [0.1, 0.15) is 0 Å². The molecule has 5 heteroatoms. The first-order valence-electron chi connectivity index (χ1n) is 6.26. The van der Waals surface area contributed by atoms with Crippen molar-refractivity contribution in [3.8, 4) is 0 Å². The Balaban J connectivity index is 1.98. The summed E-state index contributed by atoms with van der Waals surface area (Å²) in [5.74, 6) is 0.0589. The summed E-state index contributed by atoms with van der Waals surface area (Å²) >= 11 is 1.73. The predicted molar refractivity (Wildman–Crippen MR) is 67.0 cm³/mol. The van der Waals surface area contributed by atoms with Gasteiger partial charge < -0.3 is 10.0 Å². The number of amides is 1. The van der Waals surface area contributed by atoms with Crippen molar-refractivity contribution in [3.05, 3.63) is 0 Å². The van der Waals surface area contributed by atoms with Crippen LogP contribution >= 0.6 is 11.8 Å². The molecule has 0 aromatic carbocycles. The fourth-order valence-corrected chi connectivity index (χ4v) is 3.97. The smallest absolute Gasteiger partial charge is 0.308 e. The van der Waals surface area contributed by atoms with Gasteiger partial charge in [-0.25, -0.2) is 0 Å². The first-order valence-corrected chi connectivity index (χ1v) is 7.31. The third kappa shape index (κ3) is 2.59. The average Bonchev–Trinajstić information content (AvgIpc) is 2.71. The Hall–Kier alpha value is -0.710. The Labute approximate surface area is 106 Å². The second-order valence-corrected chi connectivity index (χ2v) is 6.17. The maximum Gasteiger partial charge on any atom is 0.308 e. The summed E-state index contributed by atoms with van der Waals surface area (Å²) in [6.45, 7) is 2.46. The molecule has 0 aromatic rings. The zero-order valence-corrected chi connectivity index (χ0v) is 10.9. The zero-order chi connectivity index (χ0) is 12.4. The fraction of sp³-hybridized carbons (Fsp3) is 0.833. The Kier molecular flexibility index (Phi) is 3.97. The third-order valence-corrected chi connectivity index (χ3v) is 5.17. The standard InChI is InChI=1S/C12H19NO3S/c1-8-9(12(15)16)5-6-13(8)11(14)10-4-2-3-7-17-10/h8-10H,2-7H2,1H3,(H,15,16). The Morgan fingerprint density at radius 2 is 2.06 bits per heavy atom. The van der Waals surface area contributed by atoms with Crippen molar-refractivity contribution in [2.45, 2.75) is 43.9 Å². The van der Waals surface area contributed by atoms with Gasteiger partial charge in [0.05, 0.1) is 11.2 Å². The van der Waals surface area contributed by atoms with Gasteiger partial charge in [0.2, 0.25) is 5.91 Å². The minimum absolute atomic E-state index is 0.0683. The number of thioether (sulfide) groups is 1. The number of nitrogens with zero attached hydrogens (tertiary/aromatic N) is 1. The van der Waals surface area contributed by atoms with Crippen molar-refractivity contribution >= 4 is 23.6 Å². The van der Waals surface area contributed by atoms with E-state index in [9.17, 15) is 9.59 Å². The molecule has 2 aliphatic rings. The number of hydrogen-bond donors (Lipinski definition) is 1. The van der Waals surface area contributed by atoms with E-state index in [1.807, 2.05) is 6.92 Å². The van der Waals surface area contributed by atoms with Crippen molar-refractivity contribution in [2.75, 3.05) is 12.3 Å². The Morgan fingerprint density at radius 3 is 2.59 bits per heavy atom. The molecule has 3 unspecified atom stereocenters. The van der Waals surface area contributed by atoms with Gasteiger partial charge >= 0.3 is 5.97 Å². The second-order valence-electron chi connectivity index (χ2n) is 4.86. The van der Waals surface area contributed by atoms with Crippen molar-refractivity contribution in [1.82, 2.24) is 4.90 Å². The fourth-order valence-electron chi connectivity index (χ4n) is 2.70. The Morgan fingerprint density at radius 1 is 1.29 bits per heavy atom. The van der Waals surface area contributed by atoms with Crippen molar-refractivity contribution in [2.24, 2.45) is 5.92 Å². The van der Waals surface area contributed by atoms with Gasteiger partial charge in [0.25, 0.3) is 0 Å². The van der Waals surface area contributed by atoms with E-state index in [0.717, 1.165) is 18.6 Å². The molecule has 3 atom stereocenters. The van der Waals surface area contributed by atoms with Crippen LogP contribution in [0.4, 0.5) is 0 Å². The van der Waals surface area contributed by atoms with E-state index in [4.69, 9.17) is 5.11 Å². The van der Waals surface area contributed by atoms with E-state index in [-0.39, 0.29) is 23.1 Å². The number of carbonyl (C=O) groups excluding carboxylic acids is 1. The van der Waals surface area contributed by atoms with E-state index in [0.29, 0.717) is 13.0 Å². The average molecular weight is 257 g/mol. The largest absolute Gasteiger partial charge is 0.481 e. The van der Waals surface area contributed by atoms with Gasteiger partial charge in [-0.3, -0.25) is 9.59 Å². The first-order chi connectivity index (χ1) is 8.11. The summed E-state index contributed by atoms with van der Waals surface area (Å²) in [5, 5.41) is 9.12. The van der Waals surface area contributed by atoms with Gasteiger partial charge in [0, 0.05) is 12.6 Å². The maximum absolute atomic E-state index is 12.3. The van der Waals surface area contributed by atoms with Crippen LogP contribution in [0.3, 0.4) is 0 Å². The van der Waals surface area contributed by atoms with Gasteiger partial charge in [-0.15, -0.1) is 11.8 Å². The maximum atomic E-state index is 12.3. The van der Waals surface area contributed by atoms with Crippen molar-refractivity contribution < 1.29 is 14.7 Å². The lowest BCUT2D eigenvalue weighted by molar-refractivity contribution is -0.143. The quantitative estimate of drug-likeness (QED) is 0.816. The minimum Gasteiger partial charge on any atom is -0.481 e. The highest BCUT2D eigenvalue weighted by Crippen LogP contribution is 2.31. The normalized spacial score (nSPS) is 33.7. The summed E-state index contributed by atoms with van der Waals surface area (Å²) < 4.78 is 0. The highest BCUT2D eigenvalue weighted by molar-refractivity contribution is 8.00. The molecule has 0 radical (unpaired) electrons. The van der Waals surface area contributed by atoms with Crippen LogP contribution in [-0.2, 0) is 9.59 Å². The molecule has 17 heavy (non-hydrogen) atoms. The number of carboxylic acid groups (broad SMARTS) is 1. The molecule has 2 saturated heterocycles. The molecular weight excluding hydrogens is 238 g/mol. The van der Waals surface area contributed by atoms with Gasteiger partial charge in [-0.2, -0.15) is 0 Å². The molecule has 96 valence electrons. The van der Waals surface area contributed by atoms with E-state index >= 15 is 0 Å². The lowest BCUT2D eigenvalue weighted by Crippen LogP contribution is -2.42. The highest BCUT2D eigenvalue weighted by atomic mass is 32.2. The summed E-state index contributed by atoms with van der Waals surface area (Å²) in [4.78, 5) is 25.1. The number of carboxylic acids is 1. The third-order valence-electron chi connectivity index (χ3n) is 3.81. The molecule has 2 fully saturated rings. The van der Waals surface area contributed by atoms with Crippen molar-refractivity contribution in [1.29, 1.82) is 0 Å². The van der Waals surface area contributed by atoms with Crippen LogP contribution in [0.2, 0.25) is 0 Å². The second kappa shape index (κ2) is 5.29. The number of rotatable bonds is 2. The zero-order valence-electron chi connectivity index (χ0n) is 10.1. The molecule has 2 rings (SSSR count). The first kappa shape index (κ1) is 12.7. The summed E-state index contributed by atoms with van der Waals surface area (Å²) in [5.41, 5.74) is 0. The number of hydrogen-bond acceptors (Lipinski definition) is 3. The lowest BCUT2D eigenvalue weighted by Gasteiger charge is -2.29. The summed E-state index contributed by atoms with van der Waals surface area (Å²) in [6.07, 6.45) is 3.86. The number of likely N-dealkylation sites (tertiary alicyclic amines) is 1. The molecule has 0 aliphatic carbocycles. The van der Waals surface area contributed by atoms with Crippen LogP contribution in [0.1, 0.15) is 32.6 Å². The SMILES string of the molecule is CC1C(C(=O)O)CCN1C(=O)C1CCCCS1. The van der Waals surface area contributed by atoms with Crippen LogP contribution in [0.5, 0.6) is 0 Å². The molecule has 1 amide bonds. The van der Waals surface area contributed by atoms with Crippen LogP contribution < -0.4 is 0 Å². The monoisotopic (exact) mass is 257 g/mol. The van der Waals surface area contributed by atoms with E-state index in [1.165, 1.54) is 6.42 Å². The van der Waals surface area contributed by atoms with Gasteiger partial charge in [-0.05, 0) is 31.9 Å². The Bertz CT molecular complexity index is 315. The molecule has 0 aromatic heterocycles. The summed E-state index contributed by atoms with van der Waals surface area (Å²) in [7, 11) is 0. The van der Waals surface area contributed by atoms with Crippen LogP contribution in [0.15, 0.2) is 0 Å². The molecule has 2 heterocycles. The van der Waals surface area contributed by atoms with E-state index < -0.39 is 5.97 Å². The van der Waals surface area contributed by atoms with E-state index in [2.05, 4.69) is 0 Å². The molecule has 0 bridgehead atoms.